The van der Waals surface area contributed by atoms with E-state index >= 15 is 0 Å². The Kier molecular flexibility index (Phi) is 8.45. The summed E-state index contributed by atoms with van der Waals surface area (Å²) in [5.74, 6) is 0.570. The Hall–Kier alpha value is -3.79. The van der Waals surface area contributed by atoms with Crippen LogP contribution in [0.3, 0.4) is 0 Å². The van der Waals surface area contributed by atoms with Gasteiger partial charge in [0.2, 0.25) is 5.78 Å². The lowest BCUT2D eigenvalue weighted by Gasteiger charge is -2.11. The van der Waals surface area contributed by atoms with Gasteiger partial charge in [0, 0.05) is 11.6 Å². The van der Waals surface area contributed by atoms with Gasteiger partial charge in [-0.25, -0.2) is 4.79 Å². The van der Waals surface area contributed by atoms with Crippen LogP contribution in [0.25, 0.3) is 6.08 Å². The van der Waals surface area contributed by atoms with E-state index in [2.05, 4.69) is 0 Å². The molecule has 156 valence electrons. The third kappa shape index (κ3) is 6.38. The molecule has 7 nitrogen and oxygen atoms in total. The van der Waals surface area contributed by atoms with E-state index in [0.717, 1.165) is 0 Å². The molecule has 0 bridgehead atoms. The van der Waals surface area contributed by atoms with Crippen LogP contribution in [0.2, 0.25) is 0 Å². The summed E-state index contributed by atoms with van der Waals surface area (Å²) in [6.07, 6.45) is 1.83. The second-order valence-electron chi connectivity index (χ2n) is 6.09. The summed E-state index contributed by atoms with van der Waals surface area (Å²) in [5, 5.41) is 8.60. The van der Waals surface area contributed by atoms with Crippen molar-refractivity contribution in [2.45, 2.75) is 20.0 Å². The molecule has 0 saturated heterocycles. The third-order valence-electron chi connectivity index (χ3n) is 4.00. The lowest BCUT2D eigenvalue weighted by Crippen LogP contribution is -2.23. The summed E-state index contributed by atoms with van der Waals surface area (Å²) < 4.78 is 21.0. The molecule has 0 radical (unpaired) electrons. The molecule has 0 fully saturated rings. The number of hydrogen-bond donors (Lipinski definition) is 0. The number of ketones is 1. The van der Waals surface area contributed by atoms with Crippen molar-refractivity contribution in [2.75, 3.05) is 20.3 Å². The number of nitrogens with zero attached hydrogens (tertiary/aromatic N) is 1. The summed E-state index contributed by atoms with van der Waals surface area (Å²) in [6, 6.07) is 13.5. The second-order valence-corrected chi connectivity index (χ2v) is 6.09. The minimum Gasteiger partial charge on any atom is -0.494 e. The van der Waals surface area contributed by atoms with E-state index in [0.29, 0.717) is 35.0 Å². The van der Waals surface area contributed by atoms with Gasteiger partial charge < -0.3 is 18.9 Å². The average Bonchev–Trinajstić information content (AvgIpc) is 2.76. The Labute approximate surface area is 175 Å². The number of carbonyl (C=O) groups is 2. The number of rotatable bonds is 10. The van der Waals surface area contributed by atoms with E-state index in [1.807, 2.05) is 13.0 Å². The van der Waals surface area contributed by atoms with E-state index in [-0.39, 0.29) is 12.4 Å². The molecule has 2 rings (SSSR count). The molecular formula is C23H23NO6. The summed E-state index contributed by atoms with van der Waals surface area (Å²) in [4.78, 5) is 24.5. The molecule has 0 heterocycles. The predicted molar refractivity (Wildman–Crippen MR) is 111 cm³/mol. The first-order chi connectivity index (χ1) is 14.5. The Bertz CT molecular complexity index is 943. The van der Waals surface area contributed by atoms with Crippen LogP contribution in [0.4, 0.5) is 0 Å². The van der Waals surface area contributed by atoms with E-state index in [1.165, 1.54) is 26.2 Å². The predicted octanol–water partition coefficient (Wildman–Crippen LogP) is 3.82. The molecule has 2 aromatic carbocycles. The maximum Gasteiger partial charge on any atom is 0.331 e. The fourth-order valence-electron chi connectivity index (χ4n) is 2.57. The van der Waals surface area contributed by atoms with Gasteiger partial charge in [-0.3, -0.25) is 4.79 Å². The van der Waals surface area contributed by atoms with E-state index in [1.54, 1.807) is 42.5 Å². The maximum absolute atomic E-state index is 12.4. The van der Waals surface area contributed by atoms with Crippen LogP contribution in [0.5, 0.6) is 17.2 Å². The smallest absolute Gasteiger partial charge is 0.331 e. The molecule has 2 aromatic rings. The van der Waals surface area contributed by atoms with Crippen molar-refractivity contribution in [2.24, 2.45) is 0 Å². The van der Waals surface area contributed by atoms with Crippen molar-refractivity contribution in [1.29, 1.82) is 5.26 Å². The molecule has 0 spiro atoms. The molecule has 0 aliphatic carbocycles. The fourth-order valence-corrected chi connectivity index (χ4v) is 2.57. The van der Waals surface area contributed by atoms with Crippen LogP contribution in [0, 0.1) is 11.3 Å². The van der Waals surface area contributed by atoms with E-state index in [9.17, 15) is 9.59 Å². The highest BCUT2D eigenvalue weighted by Crippen LogP contribution is 2.28. The highest BCUT2D eigenvalue weighted by molar-refractivity contribution is 6.01. The first-order valence-corrected chi connectivity index (χ1v) is 9.32. The summed E-state index contributed by atoms with van der Waals surface area (Å²) >= 11 is 0. The molecule has 1 atom stereocenters. The van der Waals surface area contributed by atoms with Crippen LogP contribution in [-0.2, 0) is 9.53 Å². The molecule has 0 amide bonds. The highest BCUT2D eigenvalue weighted by atomic mass is 16.5. The number of hydrogen-bond acceptors (Lipinski definition) is 7. The van der Waals surface area contributed by atoms with E-state index in [4.69, 9.17) is 24.2 Å². The molecule has 0 N–H and O–H groups in total. The number of ether oxygens (including phenoxy) is 4. The van der Waals surface area contributed by atoms with Gasteiger partial charge in [0.25, 0.3) is 0 Å². The largest absolute Gasteiger partial charge is 0.494 e. The van der Waals surface area contributed by atoms with Crippen LogP contribution >= 0.6 is 0 Å². The molecule has 0 saturated carbocycles. The number of Topliss-reactive ketones (excluding diaryl/α,β-unsaturated/α-hetero) is 1. The fraction of sp³-hybridized carbons (Fsp3) is 0.261. The highest BCUT2D eigenvalue weighted by Gasteiger charge is 2.18. The topological polar surface area (TPSA) is 94.9 Å². The number of carbonyl (C=O) groups excluding carboxylic acids is 2. The maximum atomic E-state index is 12.4. The molecule has 0 unspecified atom stereocenters. The normalized spacial score (nSPS) is 11.4. The van der Waals surface area contributed by atoms with Gasteiger partial charge in [0.15, 0.2) is 24.2 Å². The van der Waals surface area contributed by atoms with Crippen molar-refractivity contribution >= 4 is 17.8 Å². The summed E-state index contributed by atoms with van der Waals surface area (Å²) in [7, 11) is 1.48. The van der Waals surface area contributed by atoms with Gasteiger partial charge in [-0.15, -0.1) is 0 Å². The lowest BCUT2D eigenvalue weighted by atomic mass is 10.1. The zero-order valence-electron chi connectivity index (χ0n) is 17.1. The Morgan fingerprint density at radius 1 is 1.10 bits per heavy atom. The van der Waals surface area contributed by atoms with Crippen molar-refractivity contribution in [3.05, 3.63) is 59.7 Å². The first kappa shape index (κ1) is 22.5. The zero-order valence-corrected chi connectivity index (χ0v) is 17.1. The molecule has 0 aliphatic rings. The van der Waals surface area contributed by atoms with Gasteiger partial charge in [-0.2, -0.15) is 5.26 Å². The van der Waals surface area contributed by atoms with Crippen LogP contribution in [0.1, 0.15) is 29.8 Å². The van der Waals surface area contributed by atoms with Gasteiger partial charge in [-0.1, -0.05) is 6.07 Å². The van der Waals surface area contributed by atoms with Crippen molar-refractivity contribution in [3.63, 3.8) is 0 Å². The monoisotopic (exact) mass is 409 g/mol. The number of methoxy groups -OCH3 is 1. The number of esters is 1. The quantitative estimate of drug-likeness (QED) is 0.334. The summed E-state index contributed by atoms with van der Waals surface area (Å²) in [6.45, 7) is 3.84. The van der Waals surface area contributed by atoms with Crippen molar-refractivity contribution in [3.8, 4) is 23.3 Å². The number of benzene rings is 2. The minimum absolute atomic E-state index is 0.0991. The molecule has 30 heavy (non-hydrogen) atoms. The first-order valence-electron chi connectivity index (χ1n) is 9.32. The van der Waals surface area contributed by atoms with Gasteiger partial charge in [-0.05, 0) is 61.9 Å². The lowest BCUT2D eigenvalue weighted by molar-refractivity contribution is -0.140. The Balaban J connectivity index is 1.97. The van der Waals surface area contributed by atoms with Gasteiger partial charge in [0.1, 0.15) is 11.8 Å². The van der Waals surface area contributed by atoms with Crippen molar-refractivity contribution < 1.29 is 28.5 Å². The van der Waals surface area contributed by atoms with Crippen LogP contribution < -0.4 is 14.2 Å². The second kappa shape index (κ2) is 11.3. The molecule has 7 heteroatoms. The van der Waals surface area contributed by atoms with Crippen LogP contribution in [-0.4, -0.2) is 38.2 Å². The zero-order chi connectivity index (χ0) is 21.9. The third-order valence-corrected chi connectivity index (χ3v) is 4.00. The SMILES string of the molecule is CCOc1ccc(C(=O)[C@@H](C)OC(=O)/C=C/c2ccc(OCC#N)c(OC)c2)cc1. The average molecular weight is 409 g/mol. The number of nitriles is 1. The standard InChI is InChI=1S/C23H23NO6/c1-4-28-19-9-7-18(8-10-19)23(26)16(2)30-22(25)12-6-17-5-11-20(29-14-13-24)21(15-17)27-3/h5-12,15-16H,4,14H2,1-3H3/b12-6+/t16-/m1/s1. The van der Waals surface area contributed by atoms with E-state index < -0.39 is 12.1 Å². The molecule has 0 aromatic heterocycles. The minimum atomic E-state index is -0.934. The van der Waals surface area contributed by atoms with Crippen LogP contribution in [0.15, 0.2) is 48.5 Å². The molecule has 0 aliphatic heterocycles. The van der Waals surface area contributed by atoms with Gasteiger partial charge >= 0.3 is 5.97 Å². The Morgan fingerprint density at radius 3 is 2.47 bits per heavy atom. The Morgan fingerprint density at radius 2 is 1.83 bits per heavy atom. The molecular weight excluding hydrogens is 386 g/mol. The van der Waals surface area contributed by atoms with Crippen molar-refractivity contribution in [1.82, 2.24) is 0 Å². The summed E-state index contributed by atoms with van der Waals surface area (Å²) in [5.41, 5.74) is 1.10. The van der Waals surface area contributed by atoms with Gasteiger partial charge in [0.05, 0.1) is 13.7 Å².